The minimum atomic E-state index is 0.202. The first-order valence-electron chi connectivity index (χ1n) is 4.73. The van der Waals surface area contributed by atoms with Crippen molar-refractivity contribution in [3.8, 4) is 0 Å². The van der Waals surface area contributed by atoms with Crippen LogP contribution >= 0.6 is 0 Å². The molecule has 2 heteroatoms. The molecule has 0 spiro atoms. The van der Waals surface area contributed by atoms with Crippen LogP contribution in [0.15, 0.2) is 24.4 Å². The highest BCUT2D eigenvalue weighted by Crippen LogP contribution is 2.18. The Morgan fingerprint density at radius 2 is 2.21 bits per heavy atom. The van der Waals surface area contributed by atoms with Crippen molar-refractivity contribution in [1.29, 1.82) is 0 Å². The first-order chi connectivity index (χ1) is 6.66. The van der Waals surface area contributed by atoms with Crippen LogP contribution in [0.5, 0.6) is 0 Å². The average Bonchev–Trinajstić information content (AvgIpc) is 2.46. The number of benzene rings is 1. The minimum absolute atomic E-state index is 0.202. The molecule has 1 aromatic heterocycles. The molecule has 0 amide bonds. The van der Waals surface area contributed by atoms with Crippen LogP contribution in [0.1, 0.15) is 18.1 Å². The number of fused-ring (bicyclic) bond motifs is 1. The number of aromatic nitrogens is 1. The average molecular weight is 187 g/mol. The van der Waals surface area contributed by atoms with Gasteiger partial charge in [0.2, 0.25) is 0 Å². The Hall–Kier alpha value is -1.57. The smallest absolute Gasteiger partial charge is 0.134 e. The summed E-state index contributed by atoms with van der Waals surface area (Å²) in [5, 5.41) is 1.23. The third-order valence-electron chi connectivity index (χ3n) is 2.41. The summed E-state index contributed by atoms with van der Waals surface area (Å²) in [4.78, 5) is 14.1. The second-order valence-electron chi connectivity index (χ2n) is 3.73. The molecule has 72 valence electrons. The molecule has 2 nitrogen and oxygen atoms in total. The van der Waals surface area contributed by atoms with Crippen LogP contribution < -0.4 is 0 Å². The van der Waals surface area contributed by atoms with Crippen LogP contribution in [0.4, 0.5) is 0 Å². The minimum Gasteiger partial charge on any atom is -0.361 e. The lowest BCUT2D eigenvalue weighted by Gasteiger charge is -1.98. The lowest BCUT2D eigenvalue weighted by Crippen LogP contribution is -1.95. The molecule has 1 heterocycles. The maximum atomic E-state index is 10.9. The molecule has 0 saturated heterocycles. The van der Waals surface area contributed by atoms with E-state index in [1.165, 1.54) is 10.9 Å². The van der Waals surface area contributed by atoms with Crippen molar-refractivity contribution in [3.05, 3.63) is 35.5 Å². The van der Waals surface area contributed by atoms with Gasteiger partial charge >= 0.3 is 0 Å². The molecule has 0 bridgehead atoms. The zero-order chi connectivity index (χ0) is 10.1. The monoisotopic (exact) mass is 187 g/mol. The van der Waals surface area contributed by atoms with Crippen LogP contribution in [-0.2, 0) is 11.2 Å². The Kier molecular flexibility index (Phi) is 2.12. The lowest BCUT2D eigenvalue weighted by molar-refractivity contribution is -0.116. The fraction of sp³-hybridized carbons (Fsp3) is 0.250. The lowest BCUT2D eigenvalue weighted by atomic mass is 10.1. The van der Waals surface area contributed by atoms with Gasteiger partial charge < -0.3 is 4.98 Å². The number of carbonyl (C=O) groups is 1. The van der Waals surface area contributed by atoms with E-state index in [0.29, 0.717) is 6.42 Å². The van der Waals surface area contributed by atoms with Gasteiger partial charge in [0, 0.05) is 23.5 Å². The summed E-state index contributed by atoms with van der Waals surface area (Å²) >= 11 is 0. The summed E-state index contributed by atoms with van der Waals surface area (Å²) in [6.07, 6.45) is 2.51. The number of Topliss-reactive ketones (excluding diaryl/α,β-unsaturated/α-hetero) is 1. The molecule has 0 radical (unpaired) electrons. The molecule has 1 aromatic carbocycles. The Morgan fingerprint density at radius 3 is 2.93 bits per heavy atom. The molecule has 0 aliphatic carbocycles. The van der Waals surface area contributed by atoms with Gasteiger partial charge in [-0.1, -0.05) is 12.1 Å². The highest BCUT2D eigenvalue weighted by Gasteiger charge is 2.02. The second kappa shape index (κ2) is 3.29. The van der Waals surface area contributed by atoms with E-state index >= 15 is 0 Å². The number of hydrogen-bond acceptors (Lipinski definition) is 1. The Balaban J connectivity index is 2.46. The van der Waals surface area contributed by atoms with Crippen LogP contribution in [0.25, 0.3) is 10.9 Å². The van der Waals surface area contributed by atoms with Crippen molar-refractivity contribution >= 4 is 16.7 Å². The normalized spacial score (nSPS) is 10.7. The molecule has 14 heavy (non-hydrogen) atoms. The van der Waals surface area contributed by atoms with Crippen LogP contribution in [0.2, 0.25) is 0 Å². The summed E-state index contributed by atoms with van der Waals surface area (Å²) in [5.41, 5.74) is 3.43. The van der Waals surface area contributed by atoms with E-state index < -0.39 is 0 Å². The maximum Gasteiger partial charge on any atom is 0.134 e. The van der Waals surface area contributed by atoms with Gasteiger partial charge in [-0.3, -0.25) is 4.79 Å². The standard InChI is InChI=1S/C12H13NO/c1-8-7-13-12-6-10(5-9(2)14)3-4-11(8)12/h3-4,6-7,13H,5H2,1-2H3. The van der Waals surface area contributed by atoms with E-state index in [-0.39, 0.29) is 5.78 Å². The number of carbonyl (C=O) groups excluding carboxylic acids is 1. The summed E-state index contributed by atoms with van der Waals surface area (Å²) in [6.45, 7) is 3.69. The summed E-state index contributed by atoms with van der Waals surface area (Å²) < 4.78 is 0. The van der Waals surface area contributed by atoms with Crippen molar-refractivity contribution in [3.63, 3.8) is 0 Å². The molecule has 0 aliphatic heterocycles. The van der Waals surface area contributed by atoms with Gasteiger partial charge in [0.15, 0.2) is 0 Å². The number of rotatable bonds is 2. The Bertz CT molecular complexity index is 482. The fourth-order valence-electron chi connectivity index (χ4n) is 1.72. The molecule has 0 atom stereocenters. The first kappa shape index (κ1) is 9.00. The summed E-state index contributed by atoms with van der Waals surface area (Å²) in [7, 11) is 0. The van der Waals surface area contributed by atoms with Gasteiger partial charge in [0.25, 0.3) is 0 Å². The van der Waals surface area contributed by atoms with E-state index in [2.05, 4.69) is 18.0 Å². The molecule has 0 saturated carbocycles. The van der Waals surface area contributed by atoms with E-state index in [4.69, 9.17) is 0 Å². The number of ketones is 1. The number of aryl methyl sites for hydroxylation is 1. The van der Waals surface area contributed by atoms with Crippen molar-refractivity contribution in [2.24, 2.45) is 0 Å². The molecular formula is C12H13NO. The maximum absolute atomic E-state index is 10.9. The SMILES string of the molecule is CC(=O)Cc1ccc2c(C)c[nH]c2c1. The summed E-state index contributed by atoms with van der Waals surface area (Å²) in [5.74, 6) is 0.202. The Morgan fingerprint density at radius 1 is 1.43 bits per heavy atom. The molecule has 0 aliphatic rings. The zero-order valence-corrected chi connectivity index (χ0v) is 8.42. The van der Waals surface area contributed by atoms with Crippen molar-refractivity contribution in [1.82, 2.24) is 4.98 Å². The van der Waals surface area contributed by atoms with E-state index in [0.717, 1.165) is 11.1 Å². The van der Waals surface area contributed by atoms with Crippen LogP contribution in [-0.4, -0.2) is 10.8 Å². The number of H-pyrrole nitrogens is 1. The second-order valence-corrected chi connectivity index (χ2v) is 3.73. The Labute approximate surface area is 82.9 Å². The van der Waals surface area contributed by atoms with Crippen molar-refractivity contribution in [2.45, 2.75) is 20.3 Å². The highest BCUT2D eigenvalue weighted by atomic mass is 16.1. The molecule has 0 unspecified atom stereocenters. The van der Waals surface area contributed by atoms with Crippen molar-refractivity contribution in [2.75, 3.05) is 0 Å². The van der Waals surface area contributed by atoms with Gasteiger partial charge in [-0.25, -0.2) is 0 Å². The van der Waals surface area contributed by atoms with E-state index in [1.54, 1.807) is 6.92 Å². The summed E-state index contributed by atoms with van der Waals surface area (Å²) in [6, 6.07) is 6.13. The molecule has 0 fully saturated rings. The van der Waals surface area contributed by atoms with Gasteiger partial charge in [0.05, 0.1) is 0 Å². The van der Waals surface area contributed by atoms with Crippen LogP contribution in [0.3, 0.4) is 0 Å². The van der Waals surface area contributed by atoms with Gasteiger partial charge in [-0.05, 0) is 31.0 Å². The number of nitrogens with one attached hydrogen (secondary N) is 1. The largest absolute Gasteiger partial charge is 0.361 e. The molecule has 2 rings (SSSR count). The third-order valence-corrected chi connectivity index (χ3v) is 2.41. The third kappa shape index (κ3) is 1.55. The highest BCUT2D eigenvalue weighted by molar-refractivity contribution is 5.85. The zero-order valence-electron chi connectivity index (χ0n) is 8.42. The molecule has 1 N–H and O–H groups in total. The van der Waals surface area contributed by atoms with Gasteiger partial charge in [0.1, 0.15) is 5.78 Å². The topological polar surface area (TPSA) is 32.9 Å². The van der Waals surface area contributed by atoms with E-state index in [9.17, 15) is 4.79 Å². The predicted octanol–water partition coefficient (Wildman–Crippen LogP) is 2.61. The van der Waals surface area contributed by atoms with Crippen LogP contribution in [0, 0.1) is 6.92 Å². The predicted molar refractivity (Wildman–Crippen MR) is 57.4 cm³/mol. The van der Waals surface area contributed by atoms with Gasteiger partial charge in [-0.15, -0.1) is 0 Å². The molecular weight excluding hydrogens is 174 g/mol. The van der Waals surface area contributed by atoms with Gasteiger partial charge in [-0.2, -0.15) is 0 Å². The first-order valence-corrected chi connectivity index (χ1v) is 4.73. The molecule has 2 aromatic rings. The quantitative estimate of drug-likeness (QED) is 0.770. The number of hydrogen-bond donors (Lipinski definition) is 1. The number of aromatic amines is 1. The van der Waals surface area contributed by atoms with Crippen molar-refractivity contribution < 1.29 is 4.79 Å². The fourth-order valence-corrected chi connectivity index (χ4v) is 1.72. The van der Waals surface area contributed by atoms with E-state index in [1.807, 2.05) is 18.3 Å².